The quantitative estimate of drug-likeness (QED) is 0.805. The Labute approximate surface area is 130 Å². The first-order valence-corrected chi connectivity index (χ1v) is 7.30. The van der Waals surface area contributed by atoms with Crippen molar-refractivity contribution >= 4 is 17.5 Å². The molecule has 2 amide bonds. The lowest BCUT2D eigenvalue weighted by Crippen LogP contribution is -2.29. The van der Waals surface area contributed by atoms with Crippen LogP contribution in [0.5, 0.6) is 0 Å². The lowest BCUT2D eigenvalue weighted by atomic mass is 10.1. The van der Waals surface area contributed by atoms with Crippen molar-refractivity contribution in [3.63, 3.8) is 0 Å². The third kappa shape index (κ3) is 5.40. The van der Waals surface area contributed by atoms with Crippen LogP contribution >= 0.6 is 0 Å². The predicted octanol–water partition coefficient (Wildman–Crippen LogP) is 2.68. The van der Waals surface area contributed by atoms with Gasteiger partial charge in [-0.25, -0.2) is 0 Å². The van der Waals surface area contributed by atoms with Gasteiger partial charge in [-0.2, -0.15) is 0 Å². The van der Waals surface area contributed by atoms with Gasteiger partial charge in [0.2, 0.25) is 11.8 Å². The number of benzene rings is 2. The van der Waals surface area contributed by atoms with E-state index in [1.165, 1.54) is 0 Å². The summed E-state index contributed by atoms with van der Waals surface area (Å²) in [6, 6.07) is 17.4. The molecule has 0 saturated carbocycles. The zero-order valence-electron chi connectivity index (χ0n) is 12.6. The van der Waals surface area contributed by atoms with Gasteiger partial charge in [0, 0.05) is 12.2 Å². The number of hydrogen-bond acceptors (Lipinski definition) is 2. The zero-order chi connectivity index (χ0) is 15.8. The van der Waals surface area contributed by atoms with Gasteiger partial charge in [-0.15, -0.1) is 0 Å². The molecular formula is C18H20N2O2. The fourth-order valence-corrected chi connectivity index (χ4v) is 2.04. The number of anilines is 1. The summed E-state index contributed by atoms with van der Waals surface area (Å²) in [7, 11) is 0. The number of amides is 2. The van der Waals surface area contributed by atoms with E-state index < -0.39 is 0 Å². The molecule has 0 fully saturated rings. The highest BCUT2D eigenvalue weighted by atomic mass is 16.2. The van der Waals surface area contributed by atoms with Gasteiger partial charge in [0.25, 0.3) is 0 Å². The van der Waals surface area contributed by atoms with Crippen molar-refractivity contribution in [3.05, 3.63) is 65.7 Å². The molecule has 0 aliphatic heterocycles. The molecular weight excluding hydrogens is 276 g/mol. The first-order chi connectivity index (χ1) is 10.6. The number of carbonyl (C=O) groups is 2. The lowest BCUT2D eigenvalue weighted by molar-refractivity contribution is -0.126. The maximum atomic E-state index is 11.8. The molecule has 4 heteroatoms. The minimum atomic E-state index is -0.305. The van der Waals surface area contributed by atoms with Gasteiger partial charge in [0.15, 0.2) is 0 Å². The Balaban J connectivity index is 1.70. The standard InChI is InChI=1S/C18H20N2O2/c1-14-7-9-16(10-8-14)20-18(22)13-17(21)19-12-11-15-5-3-2-4-6-15/h2-10H,11-13H2,1H3,(H,19,21)(H,20,22). The second-order valence-electron chi connectivity index (χ2n) is 5.18. The molecule has 0 aromatic heterocycles. The van der Waals surface area contributed by atoms with Gasteiger partial charge >= 0.3 is 0 Å². The van der Waals surface area contributed by atoms with E-state index in [9.17, 15) is 9.59 Å². The molecule has 2 aromatic carbocycles. The third-order valence-electron chi connectivity index (χ3n) is 3.24. The first kappa shape index (κ1) is 15.8. The number of rotatable bonds is 6. The molecule has 0 spiro atoms. The normalized spacial score (nSPS) is 10.0. The van der Waals surface area contributed by atoms with Gasteiger partial charge in [0.1, 0.15) is 6.42 Å². The molecule has 0 radical (unpaired) electrons. The lowest BCUT2D eigenvalue weighted by Gasteiger charge is -2.07. The molecule has 2 rings (SSSR count). The molecule has 4 nitrogen and oxygen atoms in total. The average Bonchev–Trinajstić information content (AvgIpc) is 2.50. The van der Waals surface area contributed by atoms with Gasteiger partial charge in [0.05, 0.1) is 0 Å². The summed E-state index contributed by atoms with van der Waals surface area (Å²) >= 11 is 0. The minimum Gasteiger partial charge on any atom is -0.355 e. The summed E-state index contributed by atoms with van der Waals surface area (Å²) in [5.74, 6) is -0.568. The molecule has 0 atom stereocenters. The summed E-state index contributed by atoms with van der Waals surface area (Å²) < 4.78 is 0. The van der Waals surface area contributed by atoms with E-state index in [4.69, 9.17) is 0 Å². The molecule has 0 aliphatic carbocycles. The Morgan fingerprint density at radius 1 is 0.909 bits per heavy atom. The van der Waals surface area contributed by atoms with Crippen molar-refractivity contribution in [1.29, 1.82) is 0 Å². The minimum absolute atomic E-state index is 0.164. The van der Waals surface area contributed by atoms with Crippen LogP contribution in [-0.4, -0.2) is 18.4 Å². The number of aryl methyl sites for hydroxylation is 1. The second kappa shape index (κ2) is 7.98. The van der Waals surface area contributed by atoms with Crippen molar-refractivity contribution < 1.29 is 9.59 Å². The fraction of sp³-hybridized carbons (Fsp3) is 0.222. The Hall–Kier alpha value is -2.62. The fourth-order valence-electron chi connectivity index (χ4n) is 2.04. The Morgan fingerprint density at radius 2 is 1.59 bits per heavy atom. The molecule has 2 aromatic rings. The highest BCUT2D eigenvalue weighted by Crippen LogP contribution is 2.08. The maximum Gasteiger partial charge on any atom is 0.233 e. The molecule has 22 heavy (non-hydrogen) atoms. The third-order valence-corrected chi connectivity index (χ3v) is 3.24. The van der Waals surface area contributed by atoms with Gasteiger partial charge < -0.3 is 10.6 Å². The second-order valence-corrected chi connectivity index (χ2v) is 5.18. The average molecular weight is 296 g/mol. The van der Waals surface area contributed by atoms with Crippen LogP contribution in [0.3, 0.4) is 0 Å². The molecule has 0 heterocycles. The van der Waals surface area contributed by atoms with Crippen LogP contribution in [-0.2, 0) is 16.0 Å². The van der Waals surface area contributed by atoms with Crippen molar-refractivity contribution in [3.8, 4) is 0 Å². The van der Waals surface area contributed by atoms with Crippen molar-refractivity contribution in [2.45, 2.75) is 19.8 Å². The monoisotopic (exact) mass is 296 g/mol. The number of carbonyl (C=O) groups excluding carboxylic acids is 2. The van der Waals surface area contributed by atoms with Crippen molar-refractivity contribution in [1.82, 2.24) is 5.32 Å². The van der Waals surface area contributed by atoms with E-state index in [1.54, 1.807) is 0 Å². The van der Waals surface area contributed by atoms with E-state index in [2.05, 4.69) is 10.6 Å². The van der Waals surface area contributed by atoms with Crippen LogP contribution in [0.4, 0.5) is 5.69 Å². The summed E-state index contributed by atoms with van der Waals surface area (Å²) in [4.78, 5) is 23.5. The highest BCUT2D eigenvalue weighted by molar-refractivity contribution is 6.03. The summed E-state index contributed by atoms with van der Waals surface area (Å²) in [5.41, 5.74) is 2.98. The summed E-state index contributed by atoms with van der Waals surface area (Å²) in [6.07, 6.45) is 0.592. The van der Waals surface area contributed by atoms with Crippen LogP contribution in [0.1, 0.15) is 17.5 Å². The van der Waals surface area contributed by atoms with Crippen LogP contribution in [0.15, 0.2) is 54.6 Å². The smallest absolute Gasteiger partial charge is 0.233 e. The Kier molecular flexibility index (Phi) is 5.72. The highest BCUT2D eigenvalue weighted by Gasteiger charge is 2.09. The van der Waals surface area contributed by atoms with Crippen molar-refractivity contribution in [2.75, 3.05) is 11.9 Å². The Morgan fingerprint density at radius 3 is 2.27 bits per heavy atom. The molecule has 0 saturated heterocycles. The topological polar surface area (TPSA) is 58.2 Å². The van der Waals surface area contributed by atoms with E-state index in [0.717, 1.165) is 17.5 Å². The van der Waals surface area contributed by atoms with Crippen LogP contribution in [0, 0.1) is 6.92 Å². The van der Waals surface area contributed by atoms with E-state index >= 15 is 0 Å². The Bertz CT molecular complexity index is 621. The van der Waals surface area contributed by atoms with Crippen LogP contribution in [0.25, 0.3) is 0 Å². The first-order valence-electron chi connectivity index (χ1n) is 7.30. The molecule has 0 bridgehead atoms. The van der Waals surface area contributed by atoms with E-state index in [-0.39, 0.29) is 18.2 Å². The summed E-state index contributed by atoms with van der Waals surface area (Å²) in [6.45, 7) is 2.51. The largest absolute Gasteiger partial charge is 0.355 e. The number of nitrogens with one attached hydrogen (secondary N) is 2. The van der Waals surface area contributed by atoms with E-state index in [0.29, 0.717) is 12.2 Å². The molecule has 2 N–H and O–H groups in total. The van der Waals surface area contributed by atoms with Gasteiger partial charge in [-0.3, -0.25) is 9.59 Å². The molecule has 114 valence electrons. The van der Waals surface area contributed by atoms with Gasteiger partial charge in [-0.05, 0) is 31.0 Å². The van der Waals surface area contributed by atoms with E-state index in [1.807, 2.05) is 61.5 Å². The summed E-state index contributed by atoms with van der Waals surface area (Å²) in [5, 5.41) is 5.47. The predicted molar refractivity (Wildman–Crippen MR) is 87.6 cm³/mol. The molecule has 0 unspecified atom stereocenters. The van der Waals surface area contributed by atoms with Crippen LogP contribution < -0.4 is 10.6 Å². The number of hydrogen-bond donors (Lipinski definition) is 2. The van der Waals surface area contributed by atoms with Gasteiger partial charge in [-0.1, -0.05) is 48.0 Å². The van der Waals surface area contributed by atoms with Crippen LogP contribution in [0.2, 0.25) is 0 Å². The van der Waals surface area contributed by atoms with Crippen molar-refractivity contribution in [2.24, 2.45) is 0 Å². The zero-order valence-corrected chi connectivity index (χ0v) is 12.6. The SMILES string of the molecule is Cc1ccc(NC(=O)CC(=O)NCCc2ccccc2)cc1. The molecule has 0 aliphatic rings. The maximum absolute atomic E-state index is 11.8.